The van der Waals surface area contributed by atoms with Crippen molar-refractivity contribution in [1.82, 2.24) is 15.1 Å². The van der Waals surface area contributed by atoms with E-state index in [1.54, 1.807) is 0 Å². The van der Waals surface area contributed by atoms with Gasteiger partial charge in [-0.05, 0) is 38.0 Å². The van der Waals surface area contributed by atoms with Crippen LogP contribution in [0.2, 0.25) is 0 Å². The number of nitrogens with one attached hydrogen (secondary N) is 1. The van der Waals surface area contributed by atoms with E-state index in [9.17, 15) is 0 Å². The highest BCUT2D eigenvalue weighted by atomic mass is 127. The van der Waals surface area contributed by atoms with Gasteiger partial charge < -0.3 is 10.2 Å². The summed E-state index contributed by atoms with van der Waals surface area (Å²) in [5.74, 6) is 3.35. The number of hydrogen-bond donors (Lipinski definition) is 1. The maximum absolute atomic E-state index is 4.51. The number of guanidine groups is 1. The summed E-state index contributed by atoms with van der Waals surface area (Å²) in [7, 11) is 1.92. The predicted octanol–water partition coefficient (Wildman–Crippen LogP) is 2.88. The molecule has 3 aliphatic rings. The molecule has 1 saturated heterocycles. The first-order valence-electron chi connectivity index (χ1n) is 9.11. The Hall–Kier alpha value is 0.310. The molecule has 23 heavy (non-hydrogen) atoms. The van der Waals surface area contributed by atoms with Crippen LogP contribution < -0.4 is 5.32 Å². The monoisotopic (exact) mass is 452 g/mol. The molecule has 2 saturated carbocycles. The summed E-state index contributed by atoms with van der Waals surface area (Å²) in [4.78, 5) is 9.69. The molecule has 1 aliphatic heterocycles. The lowest BCUT2D eigenvalue weighted by Crippen LogP contribution is -2.49. The standard InChI is InChI=1S/C17H32N4S.HI/c1-3-16-13-21(10-11-22-16)17(18-2)19-8-9-20(15-6-7-15)12-14-4-5-14;/h14-16H,3-13H2,1-2H3,(H,18,19);1H. The normalized spacial score (nSPS) is 25.4. The van der Waals surface area contributed by atoms with Crippen LogP contribution >= 0.6 is 35.7 Å². The Morgan fingerprint density at radius 1 is 1.30 bits per heavy atom. The second-order valence-corrected chi connectivity index (χ2v) is 8.40. The highest BCUT2D eigenvalue weighted by molar-refractivity contribution is 14.0. The molecular weight excluding hydrogens is 419 g/mol. The summed E-state index contributed by atoms with van der Waals surface area (Å²) in [6, 6.07) is 0.889. The molecule has 1 heterocycles. The molecule has 0 aromatic heterocycles. The van der Waals surface area contributed by atoms with Crippen molar-refractivity contribution in [1.29, 1.82) is 0 Å². The maximum atomic E-state index is 4.51. The molecule has 0 amide bonds. The zero-order valence-corrected chi connectivity index (χ0v) is 17.8. The Kier molecular flexibility index (Phi) is 8.28. The molecule has 0 radical (unpaired) electrons. The van der Waals surface area contributed by atoms with Gasteiger partial charge in [0.25, 0.3) is 0 Å². The summed E-state index contributed by atoms with van der Waals surface area (Å²) in [6.07, 6.45) is 7.02. The molecule has 6 heteroatoms. The first kappa shape index (κ1) is 19.6. The van der Waals surface area contributed by atoms with E-state index in [0.29, 0.717) is 0 Å². The lowest BCUT2D eigenvalue weighted by atomic mass is 10.3. The van der Waals surface area contributed by atoms with Crippen LogP contribution in [0.25, 0.3) is 0 Å². The third-order valence-electron chi connectivity index (χ3n) is 5.04. The average Bonchev–Trinajstić information content (AvgIpc) is 3.43. The molecule has 1 atom stereocenters. The topological polar surface area (TPSA) is 30.9 Å². The minimum atomic E-state index is 0. The van der Waals surface area contributed by atoms with Crippen LogP contribution in [0.15, 0.2) is 4.99 Å². The number of thioether (sulfide) groups is 1. The second kappa shape index (κ2) is 9.70. The molecule has 0 spiro atoms. The van der Waals surface area contributed by atoms with Crippen molar-refractivity contribution < 1.29 is 0 Å². The average molecular weight is 452 g/mol. The molecule has 3 fully saturated rings. The van der Waals surface area contributed by atoms with Crippen LogP contribution in [-0.2, 0) is 0 Å². The summed E-state index contributed by atoms with van der Waals surface area (Å²) in [5, 5.41) is 4.38. The molecule has 134 valence electrons. The molecule has 0 bridgehead atoms. The highest BCUT2D eigenvalue weighted by Crippen LogP contribution is 2.34. The molecule has 0 aromatic carbocycles. The van der Waals surface area contributed by atoms with Gasteiger partial charge in [0.05, 0.1) is 0 Å². The lowest BCUT2D eigenvalue weighted by Gasteiger charge is -2.34. The minimum absolute atomic E-state index is 0. The zero-order chi connectivity index (χ0) is 15.4. The van der Waals surface area contributed by atoms with Crippen molar-refractivity contribution in [3.63, 3.8) is 0 Å². The number of aliphatic imine (C=N–C) groups is 1. The van der Waals surface area contributed by atoms with E-state index < -0.39 is 0 Å². The molecule has 4 nitrogen and oxygen atoms in total. The van der Waals surface area contributed by atoms with E-state index in [1.165, 1.54) is 50.9 Å². The Bertz CT molecular complexity index is 385. The van der Waals surface area contributed by atoms with E-state index in [4.69, 9.17) is 0 Å². The minimum Gasteiger partial charge on any atom is -0.355 e. The van der Waals surface area contributed by atoms with Gasteiger partial charge in [0.15, 0.2) is 5.96 Å². The lowest BCUT2D eigenvalue weighted by molar-refractivity contribution is 0.255. The van der Waals surface area contributed by atoms with Gasteiger partial charge in [-0.2, -0.15) is 11.8 Å². The summed E-state index contributed by atoms with van der Waals surface area (Å²) >= 11 is 2.12. The van der Waals surface area contributed by atoms with Crippen molar-refractivity contribution in [3.05, 3.63) is 0 Å². The summed E-state index contributed by atoms with van der Waals surface area (Å²) in [5.41, 5.74) is 0. The first-order chi connectivity index (χ1) is 10.8. The Balaban J connectivity index is 0.00000192. The molecular formula is C17H33IN4S. The van der Waals surface area contributed by atoms with Crippen molar-refractivity contribution >= 4 is 41.7 Å². The maximum Gasteiger partial charge on any atom is 0.193 e. The van der Waals surface area contributed by atoms with E-state index >= 15 is 0 Å². The second-order valence-electron chi connectivity index (χ2n) is 6.99. The van der Waals surface area contributed by atoms with Crippen molar-refractivity contribution in [2.24, 2.45) is 10.9 Å². The summed E-state index contributed by atoms with van der Waals surface area (Å²) < 4.78 is 0. The van der Waals surface area contributed by atoms with Gasteiger partial charge in [-0.1, -0.05) is 6.92 Å². The van der Waals surface area contributed by atoms with Gasteiger partial charge in [-0.3, -0.25) is 9.89 Å². The quantitative estimate of drug-likeness (QED) is 0.366. The first-order valence-corrected chi connectivity index (χ1v) is 10.2. The van der Waals surface area contributed by atoms with Crippen LogP contribution in [0, 0.1) is 5.92 Å². The van der Waals surface area contributed by atoms with Gasteiger partial charge >= 0.3 is 0 Å². The third kappa shape index (κ3) is 6.27. The van der Waals surface area contributed by atoms with Gasteiger partial charge in [-0.25, -0.2) is 0 Å². The fraction of sp³-hybridized carbons (Fsp3) is 0.941. The number of halogens is 1. The fourth-order valence-electron chi connectivity index (χ4n) is 3.30. The fourth-order valence-corrected chi connectivity index (χ4v) is 4.48. The Morgan fingerprint density at radius 3 is 2.70 bits per heavy atom. The number of rotatable bonds is 7. The smallest absolute Gasteiger partial charge is 0.193 e. The van der Waals surface area contributed by atoms with Gasteiger partial charge in [0.2, 0.25) is 0 Å². The number of nitrogens with zero attached hydrogens (tertiary/aromatic N) is 3. The number of hydrogen-bond acceptors (Lipinski definition) is 3. The van der Waals surface area contributed by atoms with Crippen LogP contribution in [0.1, 0.15) is 39.0 Å². The van der Waals surface area contributed by atoms with Crippen molar-refractivity contribution in [3.8, 4) is 0 Å². The Labute approximate surface area is 163 Å². The molecule has 0 aromatic rings. The summed E-state index contributed by atoms with van der Waals surface area (Å²) in [6.45, 7) is 8.13. The SMILES string of the molecule is CCC1CN(C(=NC)NCCN(CC2CC2)C2CC2)CCS1.I. The van der Waals surface area contributed by atoms with E-state index in [1.807, 2.05) is 7.05 Å². The highest BCUT2D eigenvalue weighted by Gasteiger charge is 2.33. The molecule has 1 unspecified atom stereocenters. The van der Waals surface area contributed by atoms with Crippen LogP contribution in [0.5, 0.6) is 0 Å². The van der Waals surface area contributed by atoms with Crippen molar-refractivity contribution in [2.45, 2.75) is 50.3 Å². The zero-order valence-electron chi connectivity index (χ0n) is 14.7. The van der Waals surface area contributed by atoms with Crippen LogP contribution in [-0.4, -0.2) is 72.6 Å². The molecule has 2 aliphatic carbocycles. The third-order valence-corrected chi connectivity index (χ3v) is 6.41. The predicted molar refractivity (Wildman–Crippen MR) is 112 cm³/mol. The van der Waals surface area contributed by atoms with E-state index in [-0.39, 0.29) is 24.0 Å². The van der Waals surface area contributed by atoms with Crippen molar-refractivity contribution in [2.75, 3.05) is 45.5 Å². The van der Waals surface area contributed by atoms with E-state index in [0.717, 1.165) is 42.8 Å². The molecule has 3 rings (SSSR count). The van der Waals surface area contributed by atoms with Crippen LogP contribution in [0.4, 0.5) is 0 Å². The molecule has 1 N–H and O–H groups in total. The van der Waals surface area contributed by atoms with Crippen LogP contribution in [0.3, 0.4) is 0 Å². The Morgan fingerprint density at radius 2 is 2.09 bits per heavy atom. The largest absolute Gasteiger partial charge is 0.355 e. The van der Waals surface area contributed by atoms with Gasteiger partial charge in [-0.15, -0.1) is 24.0 Å². The van der Waals surface area contributed by atoms with Gasteiger partial charge in [0, 0.05) is 56.8 Å². The van der Waals surface area contributed by atoms with E-state index in [2.05, 4.69) is 38.8 Å². The van der Waals surface area contributed by atoms with Gasteiger partial charge in [0.1, 0.15) is 0 Å².